The summed E-state index contributed by atoms with van der Waals surface area (Å²) in [6.07, 6.45) is 0. The van der Waals surface area contributed by atoms with Gasteiger partial charge in [-0.1, -0.05) is 11.6 Å². The van der Waals surface area contributed by atoms with Gasteiger partial charge < -0.3 is 10.2 Å². The number of aromatic nitrogens is 2. The Kier molecular flexibility index (Phi) is 3.00. The molecule has 1 N–H and O–H groups in total. The lowest BCUT2D eigenvalue weighted by molar-refractivity contribution is -0.148. The molecule has 1 aliphatic rings. The molecule has 0 unspecified atom stereocenters. The first kappa shape index (κ1) is 10.8. The number of rotatable bonds is 2. The van der Waals surface area contributed by atoms with E-state index >= 15 is 0 Å². The molecule has 0 saturated carbocycles. The number of carbonyl (C=O) groups is 2. The maximum Gasteiger partial charge on any atom is 0.312 e. The van der Waals surface area contributed by atoms with Gasteiger partial charge in [0.15, 0.2) is 5.15 Å². The van der Waals surface area contributed by atoms with Crippen molar-refractivity contribution in [2.75, 3.05) is 13.1 Å². The molecule has 2 rings (SSSR count). The number of hydrogen-bond acceptors (Lipinski definition) is 4. The standard InChI is InChI=1S/C9H9ClN4O2/c10-7-2-1-6(12-13-7)5-14-4-3-11-8(15)9(14)16/h1-2H,3-5H2,(H,11,15). The molecule has 1 fully saturated rings. The van der Waals surface area contributed by atoms with E-state index in [0.29, 0.717) is 23.9 Å². The second-order valence-electron chi connectivity index (χ2n) is 3.33. The monoisotopic (exact) mass is 240 g/mol. The lowest BCUT2D eigenvalue weighted by Crippen LogP contribution is -2.51. The van der Waals surface area contributed by atoms with Crippen molar-refractivity contribution in [2.24, 2.45) is 0 Å². The summed E-state index contributed by atoms with van der Waals surface area (Å²) in [5.41, 5.74) is 0.604. The third-order valence-electron chi connectivity index (χ3n) is 2.19. The van der Waals surface area contributed by atoms with Gasteiger partial charge in [0.2, 0.25) is 0 Å². The molecular weight excluding hydrogens is 232 g/mol. The first-order chi connectivity index (χ1) is 7.66. The Morgan fingerprint density at radius 2 is 2.19 bits per heavy atom. The normalized spacial score (nSPS) is 16.2. The second kappa shape index (κ2) is 4.44. The molecule has 1 saturated heterocycles. The quantitative estimate of drug-likeness (QED) is 0.713. The molecule has 1 aromatic heterocycles. The van der Waals surface area contributed by atoms with Crippen LogP contribution in [0.4, 0.5) is 0 Å². The van der Waals surface area contributed by atoms with Crippen molar-refractivity contribution in [3.63, 3.8) is 0 Å². The number of hydrogen-bond donors (Lipinski definition) is 1. The van der Waals surface area contributed by atoms with E-state index < -0.39 is 11.8 Å². The Hall–Kier alpha value is -1.69. The van der Waals surface area contributed by atoms with Crippen LogP contribution >= 0.6 is 11.6 Å². The number of nitrogens with one attached hydrogen (secondary N) is 1. The van der Waals surface area contributed by atoms with E-state index in [4.69, 9.17) is 11.6 Å². The van der Waals surface area contributed by atoms with Crippen LogP contribution in [0.1, 0.15) is 5.69 Å². The minimum atomic E-state index is -0.576. The summed E-state index contributed by atoms with van der Waals surface area (Å²) in [4.78, 5) is 24.0. The van der Waals surface area contributed by atoms with E-state index in [1.54, 1.807) is 12.1 Å². The molecule has 2 amide bonds. The van der Waals surface area contributed by atoms with Crippen LogP contribution < -0.4 is 5.32 Å². The summed E-state index contributed by atoms with van der Waals surface area (Å²) in [5, 5.41) is 10.3. The number of halogens is 1. The zero-order valence-corrected chi connectivity index (χ0v) is 9.07. The van der Waals surface area contributed by atoms with Crippen LogP contribution in [0.2, 0.25) is 5.15 Å². The van der Waals surface area contributed by atoms with Crippen molar-refractivity contribution in [1.29, 1.82) is 0 Å². The van der Waals surface area contributed by atoms with Crippen molar-refractivity contribution in [3.05, 3.63) is 23.0 Å². The summed E-state index contributed by atoms with van der Waals surface area (Å²) in [5.74, 6) is -1.11. The van der Waals surface area contributed by atoms with Crippen LogP contribution in [-0.2, 0) is 16.1 Å². The predicted molar refractivity (Wildman–Crippen MR) is 55.5 cm³/mol. The van der Waals surface area contributed by atoms with Crippen LogP contribution in [0.25, 0.3) is 0 Å². The molecule has 16 heavy (non-hydrogen) atoms. The molecule has 0 aromatic carbocycles. The van der Waals surface area contributed by atoms with E-state index in [0.717, 1.165) is 0 Å². The Balaban J connectivity index is 2.06. The van der Waals surface area contributed by atoms with Crippen molar-refractivity contribution >= 4 is 23.4 Å². The number of amides is 2. The van der Waals surface area contributed by atoms with E-state index in [1.165, 1.54) is 4.90 Å². The van der Waals surface area contributed by atoms with Crippen LogP contribution in [0.15, 0.2) is 12.1 Å². The molecule has 7 heteroatoms. The van der Waals surface area contributed by atoms with Crippen molar-refractivity contribution in [2.45, 2.75) is 6.54 Å². The van der Waals surface area contributed by atoms with Gasteiger partial charge in [-0.05, 0) is 12.1 Å². The van der Waals surface area contributed by atoms with Gasteiger partial charge in [0.1, 0.15) is 0 Å². The topological polar surface area (TPSA) is 75.2 Å². The van der Waals surface area contributed by atoms with E-state index in [2.05, 4.69) is 15.5 Å². The molecule has 0 bridgehead atoms. The summed E-state index contributed by atoms with van der Waals surface area (Å²) in [6.45, 7) is 1.22. The molecule has 0 radical (unpaired) electrons. The van der Waals surface area contributed by atoms with Gasteiger partial charge >= 0.3 is 11.8 Å². The highest BCUT2D eigenvalue weighted by atomic mass is 35.5. The van der Waals surface area contributed by atoms with Gasteiger partial charge in [0, 0.05) is 13.1 Å². The summed E-state index contributed by atoms with van der Waals surface area (Å²) in [7, 11) is 0. The Bertz CT molecular complexity index is 420. The SMILES string of the molecule is O=C1NCCN(Cc2ccc(Cl)nn2)C1=O. The third kappa shape index (κ3) is 2.27. The van der Waals surface area contributed by atoms with Crippen molar-refractivity contribution < 1.29 is 9.59 Å². The average Bonchev–Trinajstić information content (AvgIpc) is 2.28. The van der Waals surface area contributed by atoms with Gasteiger partial charge in [-0.3, -0.25) is 9.59 Å². The van der Waals surface area contributed by atoms with Gasteiger partial charge in [0.25, 0.3) is 0 Å². The second-order valence-corrected chi connectivity index (χ2v) is 3.72. The van der Waals surface area contributed by atoms with Gasteiger partial charge in [-0.25, -0.2) is 0 Å². The molecule has 2 heterocycles. The molecule has 1 aromatic rings. The van der Waals surface area contributed by atoms with E-state index in [-0.39, 0.29) is 6.54 Å². The summed E-state index contributed by atoms with van der Waals surface area (Å²) in [6, 6.07) is 3.27. The Morgan fingerprint density at radius 1 is 1.38 bits per heavy atom. The summed E-state index contributed by atoms with van der Waals surface area (Å²) < 4.78 is 0. The Morgan fingerprint density at radius 3 is 2.88 bits per heavy atom. The fraction of sp³-hybridized carbons (Fsp3) is 0.333. The first-order valence-electron chi connectivity index (χ1n) is 4.72. The predicted octanol–water partition coefficient (Wildman–Crippen LogP) is -0.412. The maximum atomic E-state index is 11.4. The minimum absolute atomic E-state index is 0.274. The highest BCUT2D eigenvalue weighted by molar-refractivity contribution is 6.35. The molecule has 0 spiro atoms. The molecule has 0 atom stereocenters. The highest BCUT2D eigenvalue weighted by Crippen LogP contribution is 2.06. The van der Waals surface area contributed by atoms with Crippen LogP contribution in [0, 0.1) is 0 Å². The largest absolute Gasteiger partial charge is 0.346 e. The lowest BCUT2D eigenvalue weighted by atomic mass is 10.3. The third-order valence-corrected chi connectivity index (χ3v) is 2.39. The van der Waals surface area contributed by atoms with Crippen molar-refractivity contribution in [1.82, 2.24) is 20.4 Å². The zero-order chi connectivity index (χ0) is 11.5. The van der Waals surface area contributed by atoms with Crippen LogP contribution in [0.5, 0.6) is 0 Å². The van der Waals surface area contributed by atoms with Gasteiger partial charge in [0.05, 0.1) is 12.2 Å². The lowest BCUT2D eigenvalue weighted by Gasteiger charge is -2.25. The fourth-order valence-corrected chi connectivity index (χ4v) is 1.50. The summed E-state index contributed by atoms with van der Waals surface area (Å²) >= 11 is 5.59. The van der Waals surface area contributed by atoms with E-state index in [9.17, 15) is 9.59 Å². The number of nitrogens with zero attached hydrogens (tertiary/aromatic N) is 3. The first-order valence-corrected chi connectivity index (χ1v) is 5.10. The Labute approximate surface area is 96.6 Å². The highest BCUT2D eigenvalue weighted by Gasteiger charge is 2.26. The number of piperazine rings is 1. The van der Waals surface area contributed by atoms with Gasteiger partial charge in [-0.15, -0.1) is 5.10 Å². The number of carbonyl (C=O) groups excluding carboxylic acids is 2. The minimum Gasteiger partial charge on any atom is -0.346 e. The average molecular weight is 241 g/mol. The van der Waals surface area contributed by atoms with E-state index in [1.807, 2.05) is 0 Å². The fourth-order valence-electron chi connectivity index (χ4n) is 1.40. The molecule has 0 aliphatic carbocycles. The smallest absolute Gasteiger partial charge is 0.312 e. The molecule has 6 nitrogen and oxygen atoms in total. The van der Waals surface area contributed by atoms with Crippen LogP contribution in [0.3, 0.4) is 0 Å². The molecule has 1 aliphatic heterocycles. The maximum absolute atomic E-state index is 11.4. The molecule has 84 valence electrons. The zero-order valence-electron chi connectivity index (χ0n) is 8.31. The van der Waals surface area contributed by atoms with Crippen LogP contribution in [-0.4, -0.2) is 40.0 Å². The molecular formula is C9H9ClN4O2. The van der Waals surface area contributed by atoms with Gasteiger partial charge in [-0.2, -0.15) is 5.10 Å². The van der Waals surface area contributed by atoms with Crippen molar-refractivity contribution in [3.8, 4) is 0 Å².